The molecule has 0 aliphatic heterocycles. The van der Waals surface area contributed by atoms with Gasteiger partial charge in [-0.1, -0.05) is 61.0 Å². The van der Waals surface area contributed by atoms with Gasteiger partial charge in [0.1, 0.15) is 5.01 Å². The van der Waals surface area contributed by atoms with Crippen molar-refractivity contribution in [1.29, 1.82) is 0 Å². The van der Waals surface area contributed by atoms with Gasteiger partial charge in [-0.15, -0.1) is 11.3 Å². The van der Waals surface area contributed by atoms with Crippen molar-refractivity contribution in [2.75, 3.05) is 0 Å². The largest absolute Gasteiger partial charge is 0.361 e. The zero-order chi connectivity index (χ0) is 19.9. The Balaban J connectivity index is 1.47. The van der Waals surface area contributed by atoms with Gasteiger partial charge in [-0.05, 0) is 54.2 Å². The van der Waals surface area contributed by atoms with E-state index in [0.717, 1.165) is 22.1 Å². The molecule has 2 nitrogen and oxygen atoms in total. The Morgan fingerprint density at radius 1 is 0.800 bits per heavy atom. The van der Waals surface area contributed by atoms with Crippen molar-refractivity contribution in [3.05, 3.63) is 90.6 Å². The predicted molar refractivity (Wildman–Crippen MR) is 127 cm³/mol. The summed E-state index contributed by atoms with van der Waals surface area (Å²) in [5, 5.41) is 2.28. The number of fused-ring (bicyclic) bond motifs is 1. The van der Waals surface area contributed by atoms with E-state index in [9.17, 15) is 0 Å². The maximum absolute atomic E-state index is 5.14. The van der Waals surface area contributed by atoms with Crippen LogP contribution in [0.3, 0.4) is 0 Å². The van der Waals surface area contributed by atoms with Crippen molar-refractivity contribution in [2.45, 2.75) is 25.2 Å². The number of nitrogens with one attached hydrogen (secondary N) is 1. The zero-order valence-corrected chi connectivity index (χ0v) is 17.5. The van der Waals surface area contributed by atoms with Crippen LogP contribution in [0.15, 0.2) is 85.1 Å². The Morgan fingerprint density at radius 2 is 1.60 bits per heavy atom. The van der Waals surface area contributed by atoms with Gasteiger partial charge in [-0.3, -0.25) is 0 Å². The van der Waals surface area contributed by atoms with Crippen molar-refractivity contribution in [3.8, 4) is 32.3 Å². The first-order valence-corrected chi connectivity index (χ1v) is 11.4. The highest BCUT2D eigenvalue weighted by atomic mass is 32.1. The summed E-state index contributed by atoms with van der Waals surface area (Å²) < 4.78 is 0. The van der Waals surface area contributed by atoms with Crippen LogP contribution in [0.1, 0.15) is 30.7 Å². The van der Waals surface area contributed by atoms with E-state index in [4.69, 9.17) is 4.98 Å². The van der Waals surface area contributed by atoms with Gasteiger partial charge in [0.2, 0.25) is 0 Å². The molecule has 3 aromatic carbocycles. The van der Waals surface area contributed by atoms with E-state index in [0.29, 0.717) is 0 Å². The Bertz CT molecular complexity index is 1310. The molecule has 1 N–H and O–H groups in total. The number of rotatable bonds is 4. The van der Waals surface area contributed by atoms with Gasteiger partial charge in [0, 0.05) is 28.2 Å². The first-order valence-electron chi connectivity index (χ1n) is 10.6. The van der Waals surface area contributed by atoms with Gasteiger partial charge in [0.05, 0.1) is 10.6 Å². The molecule has 2 aromatic heterocycles. The molecule has 3 heteroatoms. The Hall–Kier alpha value is -3.17. The summed E-state index contributed by atoms with van der Waals surface area (Å²) in [5.74, 6) is 0.756. The fourth-order valence-corrected chi connectivity index (χ4v) is 5.35. The smallest absolute Gasteiger partial charge is 0.124 e. The second kappa shape index (κ2) is 7.26. The van der Waals surface area contributed by atoms with Crippen molar-refractivity contribution in [3.63, 3.8) is 0 Å². The Morgan fingerprint density at radius 3 is 2.37 bits per heavy atom. The molecule has 6 rings (SSSR count). The van der Waals surface area contributed by atoms with Crippen LogP contribution in [0.2, 0.25) is 0 Å². The quantitative estimate of drug-likeness (QED) is 0.323. The van der Waals surface area contributed by atoms with Gasteiger partial charge in [-0.25, -0.2) is 4.98 Å². The summed E-state index contributed by atoms with van der Waals surface area (Å²) >= 11 is 1.78. The molecule has 1 aliphatic carbocycles. The van der Waals surface area contributed by atoms with Gasteiger partial charge >= 0.3 is 0 Å². The van der Waals surface area contributed by atoms with Gasteiger partial charge in [-0.2, -0.15) is 0 Å². The molecule has 1 saturated carbocycles. The van der Waals surface area contributed by atoms with Gasteiger partial charge < -0.3 is 4.98 Å². The molecule has 146 valence electrons. The lowest BCUT2D eigenvalue weighted by molar-refractivity contribution is 0.420. The number of thiazole rings is 1. The highest BCUT2D eigenvalue weighted by Gasteiger charge is 2.20. The van der Waals surface area contributed by atoms with Gasteiger partial charge in [0.15, 0.2) is 0 Å². The molecule has 0 amide bonds. The zero-order valence-electron chi connectivity index (χ0n) is 16.6. The molecule has 0 saturated heterocycles. The summed E-state index contributed by atoms with van der Waals surface area (Å²) in [5.41, 5.74) is 7.30. The number of hydrogen-bond acceptors (Lipinski definition) is 2. The van der Waals surface area contributed by atoms with Crippen molar-refractivity contribution < 1.29 is 0 Å². The van der Waals surface area contributed by atoms with Crippen LogP contribution < -0.4 is 0 Å². The molecule has 1 fully saturated rings. The normalized spacial score (nSPS) is 14.1. The fourth-order valence-electron chi connectivity index (χ4n) is 4.27. The summed E-state index contributed by atoms with van der Waals surface area (Å²) in [7, 11) is 0. The molecule has 1 aliphatic rings. The van der Waals surface area contributed by atoms with Crippen LogP contribution in [0.4, 0.5) is 0 Å². The van der Waals surface area contributed by atoms with E-state index < -0.39 is 0 Å². The minimum atomic E-state index is 0.756. The molecule has 0 bridgehead atoms. The summed E-state index contributed by atoms with van der Waals surface area (Å²) in [6, 6.07) is 28.4. The molecule has 30 heavy (non-hydrogen) atoms. The van der Waals surface area contributed by atoms with Crippen molar-refractivity contribution in [1.82, 2.24) is 9.97 Å². The molecule has 5 aromatic rings. The monoisotopic (exact) mass is 406 g/mol. The fraction of sp³-hybridized carbons (Fsp3) is 0.148. The Labute approximate surface area is 180 Å². The van der Waals surface area contributed by atoms with Crippen LogP contribution in [0.25, 0.3) is 43.2 Å². The second-order valence-electron chi connectivity index (χ2n) is 8.09. The SMILES string of the molecule is c1ccc(-c2sc(-c3ccc4[nH]ccc4c3)nc2-c2ccc(C3CCC3)cc2)cc1. The van der Waals surface area contributed by atoms with Crippen LogP contribution in [-0.2, 0) is 0 Å². The third-order valence-electron chi connectivity index (χ3n) is 6.22. The molecule has 2 heterocycles. The second-order valence-corrected chi connectivity index (χ2v) is 9.09. The van der Waals surface area contributed by atoms with E-state index in [-0.39, 0.29) is 0 Å². The van der Waals surface area contributed by atoms with Crippen LogP contribution in [0, 0.1) is 0 Å². The third-order valence-corrected chi connectivity index (χ3v) is 7.38. The number of nitrogens with zero attached hydrogens (tertiary/aromatic N) is 1. The molecular formula is C27H22N2S. The average molecular weight is 407 g/mol. The van der Waals surface area contributed by atoms with Crippen LogP contribution in [-0.4, -0.2) is 9.97 Å². The average Bonchev–Trinajstić information content (AvgIpc) is 3.40. The summed E-state index contributed by atoms with van der Waals surface area (Å²) in [6.07, 6.45) is 6.01. The molecule has 0 unspecified atom stereocenters. The lowest BCUT2D eigenvalue weighted by atomic mass is 9.80. The summed E-state index contributed by atoms with van der Waals surface area (Å²) in [6.45, 7) is 0. The van der Waals surface area contributed by atoms with Crippen LogP contribution >= 0.6 is 11.3 Å². The summed E-state index contributed by atoms with van der Waals surface area (Å²) in [4.78, 5) is 9.64. The van der Waals surface area contributed by atoms with Gasteiger partial charge in [0.25, 0.3) is 0 Å². The first-order chi connectivity index (χ1) is 14.8. The Kier molecular flexibility index (Phi) is 4.28. The molecular weight excluding hydrogens is 384 g/mol. The maximum atomic E-state index is 5.14. The molecule has 0 radical (unpaired) electrons. The lowest BCUT2D eigenvalue weighted by Crippen LogP contribution is -2.08. The van der Waals surface area contributed by atoms with Crippen molar-refractivity contribution >= 4 is 22.2 Å². The third kappa shape index (κ3) is 3.06. The maximum Gasteiger partial charge on any atom is 0.124 e. The number of hydrogen-bond donors (Lipinski definition) is 1. The van der Waals surface area contributed by atoms with E-state index in [1.807, 2.05) is 6.20 Å². The number of aromatic nitrogens is 2. The van der Waals surface area contributed by atoms with E-state index in [2.05, 4.69) is 83.8 Å². The molecule has 0 atom stereocenters. The van der Waals surface area contributed by atoms with E-state index in [1.54, 1.807) is 11.3 Å². The van der Waals surface area contributed by atoms with Crippen molar-refractivity contribution in [2.24, 2.45) is 0 Å². The minimum absolute atomic E-state index is 0.756. The number of H-pyrrole nitrogens is 1. The molecule has 0 spiro atoms. The topological polar surface area (TPSA) is 28.7 Å². The first kappa shape index (κ1) is 17.7. The van der Waals surface area contributed by atoms with E-state index in [1.165, 1.54) is 51.8 Å². The number of benzene rings is 3. The highest BCUT2D eigenvalue weighted by molar-refractivity contribution is 7.19. The van der Waals surface area contributed by atoms with E-state index >= 15 is 0 Å². The number of aromatic amines is 1. The predicted octanol–water partition coefficient (Wildman–Crippen LogP) is 7.89. The van der Waals surface area contributed by atoms with Crippen LogP contribution in [0.5, 0.6) is 0 Å². The standard InChI is InChI=1S/C27H22N2S/c1-2-5-21(6-3-1)26-25(20-11-9-19(10-12-20)18-7-4-8-18)29-27(30-26)23-13-14-24-22(17-23)15-16-28-24/h1-3,5-6,9-18,28H,4,7-8H2. The lowest BCUT2D eigenvalue weighted by Gasteiger charge is -2.25. The highest BCUT2D eigenvalue weighted by Crippen LogP contribution is 2.42. The minimum Gasteiger partial charge on any atom is -0.361 e.